The largest absolute Gasteiger partial charge is 0.310 e. The molecule has 0 aliphatic carbocycles. The lowest BCUT2D eigenvalue weighted by atomic mass is 10.0. The van der Waals surface area contributed by atoms with E-state index in [1.165, 1.54) is 6.07 Å². The molecular weight excluding hydrogens is 339 g/mol. The molecule has 0 aliphatic rings. The Kier molecular flexibility index (Phi) is 5.69. The maximum absolute atomic E-state index is 13.7. The Bertz CT molecular complexity index is 571. The number of benzene rings is 1. The Morgan fingerprint density at radius 1 is 1.45 bits per heavy atom. The molecule has 0 fully saturated rings. The lowest BCUT2D eigenvalue weighted by Gasteiger charge is -2.19. The first-order chi connectivity index (χ1) is 9.61. The van der Waals surface area contributed by atoms with Gasteiger partial charge in [0.2, 0.25) is 0 Å². The molecule has 1 heterocycles. The molecule has 1 aromatic carbocycles. The fourth-order valence-corrected chi connectivity index (χ4v) is 3.43. The van der Waals surface area contributed by atoms with Gasteiger partial charge >= 0.3 is 0 Å². The maximum atomic E-state index is 13.7. The minimum Gasteiger partial charge on any atom is -0.310 e. The molecule has 1 aromatic heterocycles. The number of thiazole rings is 1. The summed E-state index contributed by atoms with van der Waals surface area (Å²) in [6.07, 6.45) is 1.82. The van der Waals surface area contributed by atoms with Crippen molar-refractivity contribution in [1.29, 1.82) is 0 Å². The van der Waals surface area contributed by atoms with E-state index in [-0.39, 0.29) is 11.9 Å². The summed E-state index contributed by atoms with van der Waals surface area (Å²) < 4.78 is 14.3. The van der Waals surface area contributed by atoms with E-state index in [0.717, 1.165) is 35.7 Å². The molecule has 1 N–H and O–H groups in total. The zero-order chi connectivity index (χ0) is 14.5. The van der Waals surface area contributed by atoms with Gasteiger partial charge in [0.05, 0.1) is 9.48 Å². The van der Waals surface area contributed by atoms with Gasteiger partial charge in [-0.1, -0.05) is 19.1 Å². The molecule has 0 radical (unpaired) electrons. The molecule has 2 aromatic rings. The highest BCUT2D eigenvalue weighted by atomic mass is 79.9. The van der Waals surface area contributed by atoms with Crippen LogP contribution in [0.3, 0.4) is 0 Å². The van der Waals surface area contributed by atoms with Crippen LogP contribution in [0.1, 0.15) is 35.7 Å². The molecular formula is C15H18BrFN2S. The van der Waals surface area contributed by atoms with E-state index in [2.05, 4.69) is 33.2 Å². The predicted octanol–water partition coefficient (Wildman–Crippen LogP) is 4.64. The van der Waals surface area contributed by atoms with Crippen molar-refractivity contribution in [3.63, 3.8) is 0 Å². The van der Waals surface area contributed by atoms with Crippen molar-refractivity contribution in [3.8, 4) is 0 Å². The molecule has 1 atom stereocenters. The van der Waals surface area contributed by atoms with E-state index in [4.69, 9.17) is 0 Å². The zero-order valence-electron chi connectivity index (χ0n) is 11.6. The van der Waals surface area contributed by atoms with Crippen LogP contribution in [0, 0.1) is 12.7 Å². The van der Waals surface area contributed by atoms with Crippen LogP contribution in [-0.2, 0) is 6.42 Å². The lowest BCUT2D eigenvalue weighted by Crippen LogP contribution is -2.24. The molecule has 2 nitrogen and oxygen atoms in total. The van der Waals surface area contributed by atoms with Crippen LogP contribution in [0.25, 0.3) is 0 Å². The average molecular weight is 357 g/mol. The van der Waals surface area contributed by atoms with Crippen LogP contribution in [0.2, 0.25) is 0 Å². The molecule has 0 bridgehead atoms. The van der Waals surface area contributed by atoms with Crippen LogP contribution in [0.5, 0.6) is 0 Å². The molecule has 1 unspecified atom stereocenters. The SMILES string of the molecule is CCCNC(Cc1nc(C)cs1)c1cccc(F)c1Br. The zero-order valence-corrected chi connectivity index (χ0v) is 14.0. The van der Waals surface area contributed by atoms with Gasteiger partial charge in [-0.3, -0.25) is 0 Å². The monoisotopic (exact) mass is 356 g/mol. The first-order valence-electron chi connectivity index (χ1n) is 6.70. The lowest BCUT2D eigenvalue weighted by molar-refractivity contribution is 0.520. The van der Waals surface area contributed by atoms with Crippen molar-refractivity contribution in [2.24, 2.45) is 0 Å². The number of nitrogens with one attached hydrogen (secondary N) is 1. The van der Waals surface area contributed by atoms with Gasteiger partial charge in [0.1, 0.15) is 5.82 Å². The van der Waals surface area contributed by atoms with E-state index in [9.17, 15) is 4.39 Å². The second-order valence-electron chi connectivity index (χ2n) is 4.74. The third-order valence-electron chi connectivity index (χ3n) is 3.04. The van der Waals surface area contributed by atoms with Crippen LogP contribution in [-0.4, -0.2) is 11.5 Å². The molecule has 20 heavy (non-hydrogen) atoms. The topological polar surface area (TPSA) is 24.9 Å². The highest BCUT2D eigenvalue weighted by Gasteiger charge is 2.18. The molecule has 0 aliphatic heterocycles. The van der Waals surface area contributed by atoms with Crippen LogP contribution in [0.15, 0.2) is 28.1 Å². The number of halogens is 2. The third-order valence-corrected chi connectivity index (χ3v) is 4.87. The maximum Gasteiger partial charge on any atom is 0.137 e. The van der Waals surface area contributed by atoms with E-state index in [1.807, 2.05) is 18.4 Å². The summed E-state index contributed by atoms with van der Waals surface area (Å²) in [7, 11) is 0. The second kappa shape index (κ2) is 7.29. The number of rotatable bonds is 6. The highest BCUT2D eigenvalue weighted by molar-refractivity contribution is 9.10. The fourth-order valence-electron chi connectivity index (χ4n) is 2.07. The van der Waals surface area contributed by atoms with Crippen molar-refractivity contribution in [3.05, 3.63) is 50.1 Å². The molecule has 0 amide bonds. The van der Waals surface area contributed by atoms with Crippen LogP contribution >= 0.6 is 27.3 Å². The van der Waals surface area contributed by atoms with Gasteiger partial charge in [0, 0.05) is 23.5 Å². The number of aromatic nitrogens is 1. The van der Waals surface area contributed by atoms with Crippen molar-refractivity contribution in [2.45, 2.75) is 32.7 Å². The van der Waals surface area contributed by atoms with E-state index < -0.39 is 0 Å². The second-order valence-corrected chi connectivity index (χ2v) is 6.47. The summed E-state index contributed by atoms with van der Waals surface area (Å²) in [5.74, 6) is -0.221. The van der Waals surface area contributed by atoms with Crippen molar-refractivity contribution in [1.82, 2.24) is 10.3 Å². The van der Waals surface area contributed by atoms with Gasteiger partial charge in [-0.25, -0.2) is 9.37 Å². The number of nitrogens with zero attached hydrogens (tertiary/aromatic N) is 1. The Balaban J connectivity index is 2.24. The van der Waals surface area contributed by atoms with Crippen LogP contribution < -0.4 is 5.32 Å². The molecule has 0 saturated heterocycles. The summed E-state index contributed by atoms with van der Waals surface area (Å²) in [5.41, 5.74) is 1.99. The molecule has 0 spiro atoms. The summed E-state index contributed by atoms with van der Waals surface area (Å²) >= 11 is 5.02. The van der Waals surface area contributed by atoms with Gasteiger partial charge in [-0.15, -0.1) is 11.3 Å². The summed E-state index contributed by atoms with van der Waals surface area (Å²) in [4.78, 5) is 4.51. The Morgan fingerprint density at radius 3 is 2.90 bits per heavy atom. The first-order valence-corrected chi connectivity index (χ1v) is 8.37. The molecule has 2 rings (SSSR count). The Morgan fingerprint density at radius 2 is 2.25 bits per heavy atom. The summed E-state index contributed by atoms with van der Waals surface area (Å²) in [6.45, 7) is 5.02. The first kappa shape index (κ1) is 15.6. The van der Waals surface area contributed by atoms with E-state index in [1.54, 1.807) is 17.4 Å². The van der Waals surface area contributed by atoms with Gasteiger partial charge in [-0.2, -0.15) is 0 Å². The molecule has 0 saturated carbocycles. The van der Waals surface area contributed by atoms with Crippen molar-refractivity contribution in [2.75, 3.05) is 6.54 Å². The normalized spacial score (nSPS) is 12.6. The van der Waals surface area contributed by atoms with Gasteiger partial charge in [0.25, 0.3) is 0 Å². The summed E-state index contributed by atoms with van der Waals surface area (Å²) in [5, 5.41) is 6.61. The smallest absolute Gasteiger partial charge is 0.137 e. The minimum atomic E-state index is -0.221. The molecule has 108 valence electrons. The van der Waals surface area contributed by atoms with Crippen molar-refractivity contribution >= 4 is 27.3 Å². The Labute approximate surface area is 131 Å². The predicted molar refractivity (Wildman–Crippen MR) is 85.7 cm³/mol. The van der Waals surface area contributed by atoms with E-state index >= 15 is 0 Å². The summed E-state index contributed by atoms with van der Waals surface area (Å²) in [6, 6.07) is 5.26. The minimum absolute atomic E-state index is 0.0746. The van der Waals surface area contributed by atoms with Crippen LogP contribution in [0.4, 0.5) is 4.39 Å². The highest BCUT2D eigenvalue weighted by Crippen LogP contribution is 2.29. The van der Waals surface area contributed by atoms with Gasteiger partial charge < -0.3 is 5.32 Å². The third kappa shape index (κ3) is 3.87. The quantitative estimate of drug-likeness (QED) is 0.815. The van der Waals surface area contributed by atoms with Gasteiger partial charge in [0.15, 0.2) is 0 Å². The van der Waals surface area contributed by atoms with Crippen molar-refractivity contribution < 1.29 is 4.39 Å². The molecule has 5 heteroatoms. The van der Waals surface area contributed by atoms with E-state index in [0.29, 0.717) is 4.47 Å². The Hall–Kier alpha value is -0.780. The standard InChI is InChI=1S/C15H18BrFN2S/c1-3-7-18-13(8-14-19-10(2)9-20-14)11-5-4-6-12(17)15(11)16/h4-6,9,13,18H,3,7-8H2,1-2H3. The van der Waals surface area contributed by atoms with Gasteiger partial charge in [-0.05, 0) is 47.4 Å². The number of hydrogen-bond donors (Lipinski definition) is 1. The fraction of sp³-hybridized carbons (Fsp3) is 0.400. The number of aryl methyl sites for hydroxylation is 1. The number of hydrogen-bond acceptors (Lipinski definition) is 3. The average Bonchev–Trinajstić information content (AvgIpc) is 2.83.